The zero-order valence-corrected chi connectivity index (χ0v) is 19.1. The standard InChI is InChI=1S/C26H28N4OS/c1-26(20-11-3-2-4-12-20,19-24-30-21-13-5-6-14-22(21)32-24)25(31)29-18-10-9-17-28-23-15-7-8-16-27-23/h2-8,11-16H,9-10,17-19H2,1H3,(H,27,28)(H,29,31). The van der Waals surface area contributed by atoms with Gasteiger partial charge in [-0.25, -0.2) is 9.97 Å². The first-order chi connectivity index (χ1) is 15.6. The Morgan fingerprint density at radius 2 is 1.69 bits per heavy atom. The van der Waals surface area contributed by atoms with E-state index in [9.17, 15) is 4.79 Å². The number of benzene rings is 2. The van der Waals surface area contributed by atoms with E-state index in [0.29, 0.717) is 13.0 Å². The molecule has 0 aliphatic rings. The Morgan fingerprint density at radius 1 is 0.938 bits per heavy atom. The van der Waals surface area contributed by atoms with E-state index in [1.54, 1.807) is 17.5 Å². The number of pyridine rings is 1. The molecule has 0 bridgehead atoms. The molecule has 1 unspecified atom stereocenters. The average Bonchev–Trinajstić information content (AvgIpc) is 3.24. The fraction of sp³-hybridized carbons (Fsp3) is 0.269. The quantitative estimate of drug-likeness (QED) is 0.330. The number of anilines is 1. The Morgan fingerprint density at radius 3 is 2.47 bits per heavy atom. The summed E-state index contributed by atoms with van der Waals surface area (Å²) >= 11 is 1.66. The number of carbonyl (C=O) groups excluding carboxylic acids is 1. The third-order valence-corrected chi connectivity index (χ3v) is 6.65. The molecule has 4 rings (SSSR count). The third kappa shape index (κ3) is 5.32. The summed E-state index contributed by atoms with van der Waals surface area (Å²) in [6.07, 6.45) is 4.20. The van der Waals surface area contributed by atoms with Gasteiger partial charge in [-0.05, 0) is 49.6 Å². The SMILES string of the molecule is CC(Cc1nc2ccccc2s1)(C(=O)NCCCCNc1ccccn1)c1ccccc1. The van der Waals surface area contributed by atoms with Gasteiger partial charge in [-0.15, -0.1) is 11.3 Å². The molecule has 2 aromatic carbocycles. The molecule has 6 heteroatoms. The number of rotatable bonds is 10. The molecule has 1 amide bonds. The van der Waals surface area contributed by atoms with E-state index in [2.05, 4.69) is 21.7 Å². The second-order valence-electron chi connectivity index (χ2n) is 8.05. The molecule has 5 nitrogen and oxygen atoms in total. The number of carbonyl (C=O) groups is 1. The van der Waals surface area contributed by atoms with Gasteiger partial charge in [-0.1, -0.05) is 48.5 Å². The van der Waals surface area contributed by atoms with Crippen LogP contribution in [0.2, 0.25) is 0 Å². The summed E-state index contributed by atoms with van der Waals surface area (Å²) in [6, 6.07) is 24.0. The number of thiazole rings is 1. The predicted molar refractivity (Wildman–Crippen MR) is 132 cm³/mol. The summed E-state index contributed by atoms with van der Waals surface area (Å²) in [4.78, 5) is 22.4. The first-order valence-electron chi connectivity index (χ1n) is 11.0. The minimum Gasteiger partial charge on any atom is -0.370 e. The van der Waals surface area contributed by atoms with Crippen molar-refractivity contribution in [3.63, 3.8) is 0 Å². The zero-order chi connectivity index (χ0) is 22.2. The minimum absolute atomic E-state index is 0.0423. The highest BCUT2D eigenvalue weighted by atomic mass is 32.1. The summed E-state index contributed by atoms with van der Waals surface area (Å²) in [6.45, 7) is 3.49. The molecule has 0 radical (unpaired) electrons. The molecule has 2 aromatic heterocycles. The van der Waals surface area contributed by atoms with Crippen LogP contribution in [0.4, 0.5) is 5.82 Å². The summed E-state index contributed by atoms with van der Waals surface area (Å²) in [5, 5.41) is 7.45. The molecule has 0 saturated heterocycles. The van der Waals surface area contributed by atoms with Gasteiger partial charge in [0.1, 0.15) is 5.82 Å². The lowest BCUT2D eigenvalue weighted by Crippen LogP contribution is -2.44. The topological polar surface area (TPSA) is 66.9 Å². The predicted octanol–water partition coefficient (Wildman–Crippen LogP) is 5.20. The molecule has 32 heavy (non-hydrogen) atoms. The highest BCUT2D eigenvalue weighted by Crippen LogP contribution is 2.32. The molecule has 0 fully saturated rings. The Bertz CT molecular complexity index is 1110. The number of hydrogen-bond donors (Lipinski definition) is 2. The highest BCUT2D eigenvalue weighted by molar-refractivity contribution is 7.18. The molecule has 2 N–H and O–H groups in total. The number of amides is 1. The third-order valence-electron chi connectivity index (χ3n) is 5.62. The first-order valence-corrected chi connectivity index (χ1v) is 11.8. The Hall–Kier alpha value is -3.25. The van der Waals surface area contributed by atoms with E-state index in [-0.39, 0.29) is 5.91 Å². The largest absolute Gasteiger partial charge is 0.370 e. The molecule has 4 aromatic rings. The fourth-order valence-electron chi connectivity index (χ4n) is 3.75. The smallest absolute Gasteiger partial charge is 0.230 e. The molecule has 1 atom stereocenters. The van der Waals surface area contributed by atoms with Gasteiger partial charge >= 0.3 is 0 Å². The van der Waals surface area contributed by atoms with Crippen LogP contribution in [-0.4, -0.2) is 29.0 Å². The number of nitrogens with one attached hydrogen (secondary N) is 2. The van der Waals surface area contributed by atoms with Crippen LogP contribution in [0.1, 0.15) is 30.3 Å². The Kier molecular flexibility index (Phi) is 7.12. The lowest BCUT2D eigenvalue weighted by atomic mass is 9.78. The number of para-hydroxylation sites is 1. The maximum absolute atomic E-state index is 13.4. The van der Waals surface area contributed by atoms with E-state index in [0.717, 1.165) is 46.0 Å². The van der Waals surface area contributed by atoms with Gasteiger partial charge in [-0.2, -0.15) is 0 Å². The molecule has 0 spiro atoms. The molecule has 0 aliphatic heterocycles. The van der Waals surface area contributed by atoms with Crippen molar-refractivity contribution >= 4 is 33.3 Å². The van der Waals surface area contributed by atoms with Crippen LogP contribution in [0.5, 0.6) is 0 Å². The Labute approximate surface area is 192 Å². The maximum atomic E-state index is 13.4. The maximum Gasteiger partial charge on any atom is 0.230 e. The van der Waals surface area contributed by atoms with Gasteiger partial charge in [-0.3, -0.25) is 4.79 Å². The van der Waals surface area contributed by atoms with Gasteiger partial charge in [0.05, 0.1) is 20.6 Å². The average molecular weight is 445 g/mol. The molecular formula is C26H28N4OS. The lowest BCUT2D eigenvalue weighted by molar-refractivity contribution is -0.126. The fourth-order valence-corrected chi connectivity index (χ4v) is 4.87. The summed E-state index contributed by atoms with van der Waals surface area (Å²) in [7, 11) is 0. The van der Waals surface area contributed by atoms with Crippen LogP contribution in [0.3, 0.4) is 0 Å². The van der Waals surface area contributed by atoms with Crippen LogP contribution in [0, 0.1) is 0 Å². The molecule has 0 aliphatic carbocycles. The van der Waals surface area contributed by atoms with E-state index in [1.807, 2.05) is 73.7 Å². The van der Waals surface area contributed by atoms with Crippen molar-refractivity contribution < 1.29 is 4.79 Å². The zero-order valence-electron chi connectivity index (χ0n) is 18.3. The van der Waals surface area contributed by atoms with Crippen molar-refractivity contribution in [1.29, 1.82) is 0 Å². The number of hydrogen-bond acceptors (Lipinski definition) is 5. The van der Waals surface area contributed by atoms with Crippen molar-refractivity contribution in [3.8, 4) is 0 Å². The number of unbranched alkanes of at least 4 members (excludes halogenated alkanes) is 1. The van der Waals surface area contributed by atoms with Gasteiger partial charge in [0.15, 0.2) is 0 Å². The molecule has 164 valence electrons. The van der Waals surface area contributed by atoms with E-state index in [1.165, 1.54) is 0 Å². The van der Waals surface area contributed by atoms with Gasteiger partial charge in [0.2, 0.25) is 5.91 Å². The van der Waals surface area contributed by atoms with Crippen LogP contribution in [0.15, 0.2) is 79.0 Å². The lowest BCUT2D eigenvalue weighted by Gasteiger charge is -2.28. The van der Waals surface area contributed by atoms with Crippen molar-refractivity contribution in [2.45, 2.75) is 31.6 Å². The van der Waals surface area contributed by atoms with Gasteiger partial charge in [0, 0.05) is 25.7 Å². The first kappa shape index (κ1) is 22.0. The second kappa shape index (κ2) is 10.4. The van der Waals surface area contributed by atoms with E-state index in [4.69, 9.17) is 4.98 Å². The van der Waals surface area contributed by atoms with Crippen molar-refractivity contribution in [2.24, 2.45) is 0 Å². The molecule has 2 heterocycles. The summed E-state index contributed by atoms with van der Waals surface area (Å²) in [5.74, 6) is 0.921. The minimum atomic E-state index is -0.679. The van der Waals surface area contributed by atoms with E-state index >= 15 is 0 Å². The number of fused-ring (bicyclic) bond motifs is 1. The number of aromatic nitrogens is 2. The van der Waals surface area contributed by atoms with Crippen molar-refractivity contribution in [3.05, 3.63) is 89.6 Å². The van der Waals surface area contributed by atoms with E-state index < -0.39 is 5.41 Å². The van der Waals surface area contributed by atoms with Crippen molar-refractivity contribution in [2.75, 3.05) is 18.4 Å². The van der Waals surface area contributed by atoms with Crippen LogP contribution >= 0.6 is 11.3 Å². The molecular weight excluding hydrogens is 416 g/mol. The molecule has 0 saturated carbocycles. The van der Waals surface area contributed by atoms with Crippen LogP contribution < -0.4 is 10.6 Å². The Balaban J connectivity index is 1.38. The summed E-state index contributed by atoms with van der Waals surface area (Å²) < 4.78 is 1.15. The van der Waals surface area contributed by atoms with Crippen LogP contribution in [-0.2, 0) is 16.6 Å². The summed E-state index contributed by atoms with van der Waals surface area (Å²) in [5.41, 5.74) is 1.32. The van der Waals surface area contributed by atoms with Gasteiger partial charge in [0.25, 0.3) is 0 Å². The van der Waals surface area contributed by atoms with Gasteiger partial charge < -0.3 is 10.6 Å². The second-order valence-corrected chi connectivity index (χ2v) is 9.17. The normalized spacial score (nSPS) is 12.9. The number of nitrogens with zero attached hydrogens (tertiary/aromatic N) is 2. The van der Waals surface area contributed by atoms with Crippen molar-refractivity contribution in [1.82, 2.24) is 15.3 Å². The highest BCUT2D eigenvalue weighted by Gasteiger charge is 2.36. The monoisotopic (exact) mass is 444 g/mol. The van der Waals surface area contributed by atoms with Crippen LogP contribution in [0.25, 0.3) is 10.2 Å².